The Balaban J connectivity index is 2.17. The topological polar surface area (TPSA) is 81.2 Å². The van der Waals surface area contributed by atoms with E-state index in [-0.39, 0.29) is 6.42 Å². The molecule has 82 valence electrons. The molecule has 1 aromatic heterocycles. The van der Waals surface area contributed by atoms with Gasteiger partial charge in [0.2, 0.25) is 5.89 Å². The molecule has 0 N–H and O–H groups in total. The molecular weight excluding hydrogens is 198 g/mol. The van der Waals surface area contributed by atoms with E-state index >= 15 is 0 Å². The highest BCUT2D eigenvalue weighted by Crippen LogP contribution is 1.98. The predicted molar refractivity (Wildman–Crippen MR) is 50.0 cm³/mol. The van der Waals surface area contributed by atoms with Crippen LogP contribution in [0.3, 0.4) is 0 Å². The van der Waals surface area contributed by atoms with Crippen LogP contribution in [0, 0.1) is 11.3 Å². The number of nitriles is 1. The lowest BCUT2D eigenvalue weighted by atomic mass is 10.4. The molecule has 0 radical (unpaired) electrons. The second kappa shape index (κ2) is 6.92. The third-order valence-electron chi connectivity index (χ3n) is 1.64. The zero-order valence-electron chi connectivity index (χ0n) is 8.60. The first-order chi connectivity index (χ1) is 7.36. The molecule has 0 spiro atoms. The van der Waals surface area contributed by atoms with Gasteiger partial charge in [0.1, 0.15) is 6.42 Å². The van der Waals surface area contributed by atoms with E-state index in [4.69, 9.17) is 19.3 Å². The average Bonchev–Trinajstić information content (AvgIpc) is 2.66. The molecule has 0 aliphatic carbocycles. The fourth-order valence-electron chi connectivity index (χ4n) is 0.939. The van der Waals surface area contributed by atoms with Gasteiger partial charge in [0.25, 0.3) is 0 Å². The van der Waals surface area contributed by atoms with Crippen molar-refractivity contribution in [2.24, 2.45) is 0 Å². The van der Waals surface area contributed by atoms with E-state index in [1.165, 1.54) is 0 Å². The summed E-state index contributed by atoms with van der Waals surface area (Å²) in [5.74, 6) is 0.919. The Morgan fingerprint density at radius 1 is 1.40 bits per heavy atom. The molecule has 0 saturated heterocycles. The van der Waals surface area contributed by atoms with Crippen LogP contribution in [-0.2, 0) is 22.3 Å². The zero-order chi connectivity index (χ0) is 10.9. The van der Waals surface area contributed by atoms with Crippen molar-refractivity contribution in [2.45, 2.75) is 12.8 Å². The molecule has 0 aliphatic heterocycles. The summed E-state index contributed by atoms with van der Waals surface area (Å²) >= 11 is 0. The molecule has 6 nitrogen and oxygen atoms in total. The molecule has 1 aromatic rings. The van der Waals surface area contributed by atoms with Gasteiger partial charge in [-0.05, 0) is 0 Å². The number of aromatic nitrogens is 2. The van der Waals surface area contributed by atoms with Gasteiger partial charge in [-0.2, -0.15) is 10.2 Å². The highest BCUT2D eigenvalue weighted by atomic mass is 16.5. The summed E-state index contributed by atoms with van der Waals surface area (Å²) in [4.78, 5) is 4.01. The molecule has 0 amide bonds. The Morgan fingerprint density at radius 2 is 2.27 bits per heavy atom. The Morgan fingerprint density at radius 3 is 3.00 bits per heavy atom. The summed E-state index contributed by atoms with van der Waals surface area (Å²) in [5, 5.41) is 12.1. The summed E-state index contributed by atoms with van der Waals surface area (Å²) in [6.45, 7) is 1.65. The Labute approximate surface area is 87.8 Å². The molecule has 0 saturated carbocycles. The summed E-state index contributed by atoms with van der Waals surface area (Å²) in [7, 11) is 1.62. The monoisotopic (exact) mass is 211 g/mol. The van der Waals surface area contributed by atoms with Crippen LogP contribution in [0.15, 0.2) is 4.52 Å². The van der Waals surface area contributed by atoms with Crippen LogP contribution in [0.1, 0.15) is 11.7 Å². The second-order valence-corrected chi connectivity index (χ2v) is 2.79. The predicted octanol–water partition coefficient (Wildman–Crippen LogP) is 0.341. The first-order valence-electron chi connectivity index (χ1n) is 4.62. The quantitative estimate of drug-likeness (QED) is 0.605. The molecule has 0 bridgehead atoms. The van der Waals surface area contributed by atoms with Gasteiger partial charge in [0.05, 0.1) is 25.9 Å². The number of hydrogen-bond acceptors (Lipinski definition) is 6. The van der Waals surface area contributed by atoms with Crippen molar-refractivity contribution in [2.75, 3.05) is 26.9 Å². The third-order valence-corrected chi connectivity index (χ3v) is 1.64. The lowest BCUT2D eigenvalue weighted by molar-refractivity contribution is 0.0714. The fraction of sp³-hybridized carbons (Fsp3) is 0.667. The molecule has 0 unspecified atom stereocenters. The van der Waals surface area contributed by atoms with Gasteiger partial charge in [-0.3, -0.25) is 0 Å². The lowest BCUT2D eigenvalue weighted by Gasteiger charge is -1.99. The van der Waals surface area contributed by atoms with Crippen LogP contribution in [0.2, 0.25) is 0 Å². The average molecular weight is 211 g/mol. The van der Waals surface area contributed by atoms with Crippen LogP contribution in [0.5, 0.6) is 0 Å². The van der Waals surface area contributed by atoms with Crippen LogP contribution in [-0.4, -0.2) is 37.1 Å². The van der Waals surface area contributed by atoms with Gasteiger partial charge in [0.15, 0.2) is 5.82 Å². The van der Waals surface area contributed by atoms with Crippen LogP contribution in [0.4, 0.5) is 0 Å². The maximum atomic E-state index is 8.39. The molecule has 0 fully saturated rings. The summed E-state index contributed by atoms with van der Waals surface area (Å²) < 4.78 is 14.9. The number of methoxy groups -OCH3 is 1. The number of nitrogens with zero attached hydrogens (tertiary/aromatic N) is 3. The molecule has 1 heterocycles. The van der Waals surface area contributed by atoms with E-state index in [1.807, 2.05) is 6.07 Å². The van der Waals surface area contributed by atoms with E-state index in [0.717, 1.165) is 0 Å². The molecule has 0 aliphatic rings. The van der Waals surface area contributed by atoms with E-state index in [9.17, 15) is 0 Å². The molecule has 1 rings (SSSR count). The Hall–Kier alpha value is -1.45. The normalized spacial score (nSPS) is 10.1. The smallest absolute Gasteiger partial charge is 0.240 e. The van der Waals surface area contributed by atoms with Crippen molar-refractivity contribution in [3.8, 4) is 6.07 Å². The van der Waals surface area contributed by atoms with Crippen molar-refractivity contribution in [3.05, 3.63) is 11.7 Å². The van der Waals surface area contributed by atoms with Crippen molar-refractivity contribution in [1.29, 1.82) is 5.26 Å². The molecule has 6 heteroatoms. The molecular formula is C9H13N3O3. The minimum atomic E-state index is 0.150. The molecule has 15 heavy (non-hydrogen) atoms. The summed E-state index contributed by atoms with van der Waals surface area (Å²) in [6.07, 6.45) is 0.732. The number of ether oxygens (including phenoxy) is 2. The molecule has 0 atom stereocenters. The maximum Gasteiger partial charge on any atom is 0.240 e. The standard InChI is InChI=1S/C9H13N3O3/c1-13-6-7-14-5-3-8-11-9(2-4-10)15-12-8/h2-3,5-7H2,1H3. The number of hydrogen-bond donors (Lipinski definition) is 0. The van der Waals surface area contributed by atoms with Gasteiger partial charge in [0, 0.05) is 13.5 Å². The maximum absolute atomic E-state index is 8.39. The van der Waals surface area contributed by atoms with Crippen molar-refractivity contribution in [3.63, 3.8) is 0 Å². The van der Waals surface area contributed by atoms with E-state index in [1.54, 1.807) is 7.11 Å². The Bertz CT molecular complexity index is 319. The van der Waals surface area contributed by atoms with Gasteiger partial charge in [-0.25, -0.2) is 0 Å². The van der Waals surface area contributed by atoms with Crippen LogP contribution in [0.25, 0.3) is 0 Å². The van der Waals surface area contributed by atoms with Gasteiger partial charge >= 0.3 is 0 Å². The minimum absolute atomic E-state index is 0.150. The van der Waals surface area contributed by atoms with Crippen molar-refractivity contribution < 1.29 is 14.0 Å². The Kier molecular flexibility index (Phi) is 5.37. The highest BCUT2D eigenvalue weighted by molar-refractivity contribution is 4.93. The fourth-order valence-corrected chi connectivity index (χ4v) is 0.939. The summed E-state index contributed by atoms with van der Waals surface area (Å²) in [6, 6.07) is 1.94. The molecule has 0 aromatic carbocycles. The first kappa shape index (κ1) is 11.6. The van der Waals surface area contributed by atoms with Gasteiger partial charge < -0.3 is 14.0 Å². The van der Waals surface area contributed by atoms with E-state index in [0.29, 0.717) is 38.0 Å². The highest BCUT2D eigenvalue weighted by Gasteiger charge is 2.04. The van der Waals surface area contributed by atoms with E-state index in [2.05, 4.69) is 10.1 Å². The van der Waals surface area contributed by atoms with E-state index < -0.39 is 0 Å². The van der Waals surface area contributed by atoms with Gasteiger partial charge in [-0.1, -0.05) is 5.16 Å². The van der Waals surface area contributed by atoms with Crippen molar-refractivity contribution in [1.82, 2.24) is 10.1 Å². The van der Waals surface area contributed by atoms with Crippen molar-refractivity contribution >= 4 is 0 Å². The second-order valence-electron chi connectivity index (χ2n) is 2.79. The van der Waals surface area contributed by atoms with Gasteiger partial charge in [-0.15, -0.1) is 0 Å². The first-order valence-corrected chi connectivity index (χ1v) is 4.62. The number of rotatable bonds is 7. The minimum Gasteiger partial charge on any atom is -0.382 e. The lowest BCUT2D eigenvalue weighted by Crippen LogP contribution is -2.05. The summed E-state index contributed by atoms with van der Waals surface area (Å²) in [5.41, 5.74) is 0. The zero-order valence-corrected chi connectivity index (χ0v) is 8.60. The SMILES string of the molecule is COCCOCCc1noc(CC#N)n1. The third kappa shape index (κ3) is 4.54. The van der Waals surface area contributed by atoms with Crippen LogP contribution < -0.4 is 0 Å². The van der Waals surface area contributed by atoms with Crippen LogP contribution >= 0.6 is 0 Å². The largest absolute Gasteiger partial charge is 0.382 e.